The Morgan fingerprint density at radius 2 is 2.26 bits per heavy atom. The van der Waals surface area contributed by atoms with E-state index < -0.39 is 12.1 Å². The van der Waals surface area contributed by atoms with Crippen molar-refractivity contribution in [3.63, 3.8) is 0 Å². The molecule has 4 heteroatoms. The average Bonchev–Trinajstić information content (AvgIpc) is 2.43. The molecule has 0 saturated heterocycles. The maximum absolute atomic E-state index is 11.1. The van der Waals surface area contributed by atoms with E-state index in [1.54, 1.807) is 0 Å². The lowest BCUT2D eigenvalue weighted by Crippen LogP contribution is -2.34. The molecule has 0 fully saturated rings. The lowest BCUT2D eigenvalue weighted by Gasteiger charge is -2.32. The number of carboxylic acids is 1. The summed E-state index contributed by atoms with van der Waals surface area (Å²) < 4.78 is 5.26. The second-order valence-corrected chi connectivity index (χ2v) is 4.79. The van der Waals surface area contributed by atoms with Crippen molar-refractivity contribution in [2.45, 2.75) is 32.3 Å². The molecule has 1 aliphatic rings. The molecule has 1 atom stereocenters. The fourth-order valence-electron chi connectivity index (χ4n) is 2.60. The zero-order valence-corrected chi connectivity index (χ0v) is 11.3. The van der Waals surface area contributed by atoms with Gasteiger partial charge in [-0.1, -0.05) is 18.2 Å². The highest BCUT2D eigenvalue weighted by atomic mass is 16.5. The third kappa shape index (κ3) is 3.47. The Labute approximate surface area is 114 Å². The van der Waals surface area contributed by atoms with Crippen LogP contribution in [0, 0.1) is 0 Å². The van der Waals surface area contributed by atoms with Crippen molar-refractivity contribution in [3.05, 3.63) is 29.8 Å². The van der Waals surface area contributed by atoms with E-state index in [-0.39, 0.29) is 0 Å². The smallest absolute Gasteiger partial charge is 0.332 e. The molecule has 0 saturated carbocycles. The summed E-state index contributed by atoms with van der Waals surface area (Å²) in [5.74, 6) is -0.868. The van der Waals surface area contributed by atoms with E-state index in [9.17, 15) is 4.79 Å². The number of anilines is 1. The summed E-state index contributed by atoms with van der Waals surface area (Å²) in [6.45, 7) is 3.99. The molecule has 104 valence electrons. The van der Waals surface area contributed by atoms with Gasteiger partial charge in [-0.2, -0.15) is 0 Å². The minimum Gasteiger partial charge on any atom is -0.479 e. The molecule has 0 radical (unpaired) electrons. The van der Waals surface area contributed by atoms with Gasteiger partial charge in [-0.3, -0.25) is 0 Å². The standard InChI is InChI=1S/C15H21NO3/c1-2-19-14(15(17)18)9-11-16-10-5-7-12-6-3-4-8-13(12)16/h3-4,6,8,14H,2,5,7,9-11H2,1H3,(H,17,18). The normalized spacial score (nSPS) is 15.9. The van der Waals surface area contributed by atoms with Crippen molar-refractivity contribution in [1.82, 2.24) is 0 Å². The molecule has 4 nitrogen and oxygen atoms in total. The van der Waals surface area contributed by atoms with Gasteiger partial charge in [0.2, 0.25) is 0 Å². The van der Waals surface area contributed by atoms with Gasteiger partial charge in [0.1, 0.15) is 0 Å². The van der Waals surface area contributed by atoms with Gasteiger partial charge in [-0.05, 0) is 31.4 Å². The van der Waals surface area contributed by atoms with Crippen LogP contribution in [0.15, 0.2) is 24.3 Å². The van der Waals surface area contributed by atoms with Crippen molar-refractivity contribution in [1.29, 1.82) is 0 Å². The van der Waals surface area contributed by atoms with E-state index in [4.69, 9.17) is 9.84 Å². The number of carbonyl (C=O) groups is 1. The van der Waals surface area contributed by atoms with Gasteiger partial charge in [0.05, 0.1) is 0 Å². The number of aliphatic carboxylic acids is 1. The Bertz CT molecular complexity index is 433. The first-order chi connectivity index (χ1) is 9.22. The number of carboxylic acid groups (broad SMARTS) is 1. The summed E-state index contributed by atoms with van der Waals surface area (Å²) in [6, 6.07) is 8.36. The summed E-state index contributed by atoms with van der Waals surface area (Å²) in [5.41, 5.74) is 2.60. The van der Waals surface area contributed by atoms with Crippen molar-refractivity contribution in [2.75, 3.05) is 24.6 Å². The lowest BCUT2D eigenvalue weighted by molar-refractivity contribution is -0.150. The van der Waals surface area contributed by atoms with Crippen molar-refractivity contribution in [3.8, 4) is 0 Å². The van der Waals surface area contributed by atoms with Gasteiger partial charge in [-0.25, -0.2) is 4.79 Å². The van der Waals surface area contributed by atoms with E-state index in [1.165, 1.54) is 11.3 Å². The fourth-order valence-corrected chi connectivity index (χ4v) is 2.60. The molecule has 0 amide bonds. The van der Waals surface area contributed by atoms with Crippen molar-refractivity contribution >= 4 is 11.7 Å². The first-order valence-electron chi connectivity index (χ1n) is 6.89. The van der Waals surface area contributed by atoms with Crippen LogP contribution < -0.4 is 4.90 Å². The van der Waals surface area contributed by atoms with Crippen molar-refractivity contribution < 1.29 is 14.6 Å². The highest BCUT2D eigenvalue weighted by Crippen LogP contribution is 2.26. The average molecular weight is 263 g/mol. The maximum atomic E-state index is 11.1. The summed E-state index contributed by atoms with van der Waals surface area (Å²) in [6.07, 6.45) is 2.07. The Morgan fingerprint density at radius 3 is 3.00 bits per heavy atom. The van der Waals surface area contributed by atoms with Gasteiger partial charge in [-0.15, -0.1) is 0 Å². The third-order valence-corrected chi connectivity index (χ3v) is 3.51. The van der Waals surface area contributed by atoms with E-state index in [0.29, 0.717) is 13.0 Å². The highest BCUT2D eigenvalue weighted by Gasteiger charge is 2.21. The lowest BCUT2D eigenvalue weighted by atomic mass is 10.0. The van der Waals surface area contributed by atoms with Gasteiger partial charge in [0, 0.05) is 31.8 Å². The molecule has 19 heavy (non-hydrogen) atoms. The molecule has 0 spiro atoms. The van der Waals surface area contributed by atoms with Crippen LogP contribution >= 0.6 is 0 Å². The summed E-state index contributed by atoms with van der Waals surface area (Å²) in [4.78, 5) is 13.3. The minimum atomic E-state index is -0.868. The van der Waals surface area contributed by atoms with Gasteiger partial charge in [0.15, 0.2) is 6.10 Å². The number of nitrogens with zero attached hydrogens (tertiary/aromatic N) is 1. The molecular weight excluding hydrogens is 242 g/mol. The van der Waals surface area contributed by atoms with Crippen LogP contribution in [0.25, 0.3) is 0 Å². The summed E-state index contributed by atoms with van der Waals surface area (Å²) in [5, 5.41) is 9.09. The Hall–Kier alpha value is -1.55. The maximum Gasteiger partial charge on any atom is 0.332 e. The van der Waals surface area contributed by atoms with Crippen molar-refractivity contribution in [2.24, 2.45) is 0 Å². The van der Waals surface area contributed by atoms with E-state index in [1.807, 2.05) is 13.0 Å². The van der Waals surface area contributed by atoms with Crippen LogP contribution in [0.3, 0.4) is 0 Å². The largest absolute Gasteiger partial charge is 0.479 e. The molecule has 0 bridgehead atoms. The number of hydrogen-bond acceptors (Lipinski definition) is 3. The Kier molecular flexibility index (Phi) is 4.80. The second kappa shape index (κ2) is 6.57. The quantitative estimate of drug-likeness (QED) is 0.855. The van der Waals surface area contributed by atoms with Gasteiger partial charge < -0.3 is 14.7 Å². The highest BCUT2D eigenvalue weighted by molar-refractivity contribution is 5.72. The van der Waals surface area contributed by atoms with Crippen LogP contribution in [0.4, 0.5) is 5.69 Å². The SMILES string of the molecule is CCOC(CCN1CCCc2ccccc21)C(=O)O. The first kappa shape index (κ1) is 13.9. The zero-order chi connectivity index (χ0) is 13.7. The van der Waals surface area contributed by atoms with Crippen LogP contribution in [-0.4, -0.2) is 36.9 Å². The van der Waals surface area contributed by atoms with Gasteiger partial charge in [0.25, 0.3) is 0 Å². The van der Waals surface area contributed by atoms with Crippen LogP contribution in [-0.2, 0) is 16.0 Å². The zero-order valence-electron chi connectivity index (χ0n) is 11.3. The van der Waals surface area contributed by atoms with Crippen LogP contribution in [0.5, 0.6) is 0 Å². The molecule has 2 rings (SSSR count). The third-order valence-electron chi connectivity index (χ3n) is 3.51. The first-order valence-corrected chi connectivity index (χ1v) is 6.89. The van der Waals surface area contributed by atoms with E-state index >= 15 is 0 Å². The Morgan fingerprint density at radius 1 is 1.47 bits per heavy atom. The summed E-state index contributed by atoms with van der Waals surface area (Å²) >= 11 is 0. The topological polar surface area (TPSA) is 49.8 Å². The number of hydrogen-bond donors (Lipinski definition) is 1. The number of fused-ring (bicyclic) bond motifs is 1. The molecule has 1 heterocycles. The molecule has 1 aromatic carbocycles. The van der Waals surface area contributed by atoms with Gasteiger partial charge >= 0.3 is 5.97 Å². The summed E-state index contributed by atoms with van der Waals surface area (Å²) in [7, 11) is 0. The predicted octanol–water partition coefficient (Wildman–Crippen LogP) is 2.32. The number of para-hydroxylation sites is 1. The second-order valence-electron chi connectivity index (χ2n) is 4.79. The molecule has 0 aliphatic carbocycles. The molecular formula is C15H21NO3. The monoisotopic (exact) mass is 263 g/mol. The van der Waals surface area contributed by atoms with Crippen LogP contribution in [0.1, 0.15) is 25.3 Å². The van der Waals surface area contributed by atoms with E-state index in [0.717, 1.165) is 25.9 Å². The van der Waals surface area contributed by atoms with Crippen LogP contribution in [0.2, 0.25) is 0 Å². The molecule has 0 aromatic heterocycles. The fraction of sp³-hybridized carbons (Fsp3) is 0.533. The number of benzene rings is 1. The molecule has 1 aromatic rings. The predicted molar refractivity (Wildman–Crippen MR) is 74.6 cm³/mol. The Balaban J connectivity index is 1.98. The molecule has 1 aliphatic heterocycles. The minimum absolute atomic E-state index is 0.438. The number of ether oxygens (including phenoxy) is 1. The number of rotatable bonds is 6. The number of aryl methyl sites for hydroxylation is 1. The molecule has 1 N–H and O–H groups in total. The molecule has 1 unspecified atom stereocenters. The van der Waals surface area contributed by atoms with E-state index in [2.05, 4.69) is 23.1 Å².